The van der Waals surface area contributed by atoms with E-state index in [0.29, 0.717) is 50.7 Å². The fourth-order valence-electron chi connectivity index (χ4n) is 5.41. The summed E-state index contributed by atoms with van der Waals surface area (Å²) >= 11 is 12.5. The minimum atomic E-state index is -1.33. The lowest BCUT2D eigenvalue weighted by Crippen LogP contribution is -2.54. The maximum Gasteiger partial charge on any atom is 0.303 e. The van der Waals surface area contributed by atoms with Crippen LogP contribution in [0.4, 0.5) is 5.82 Å². The topological polar surface area (TPSA) is 134 Å². The summed E-state index contributed by atoms with van der Waals surface area (Å²) in [4.78, 5) is 24.8. The lowest BCUT2D eigenvalue weighted by molar-refractivity contribution is -0.137. The highest BCUT2D eigenvalue weighted by molar-refractivity contribution is 6.35. The Labute approximate surface area is 230 Å². The lowest BCUT2D eigenvalue weighted by atomic mass is 9.80. The number of anilines is 1. The second-order valence-corrected chi connectivity index (χ2v) is 10.9. The summed E-state index contributed by atoms with van der Waals surface area (Å²) in [7, 11) is 0. The molecule has 0 saturated carbocycles. The first kappa shape index (κ1) is 26.8. The third-order valence-electron chi connectivity index (χ3n) is 7.48. The molecule has 2 aromatic heterocycles. The van der Waals surface area contributed by atoms with E-state index in [-0.39, 0.29) is 12.1 Å². The van der Waals surface area contributed by atoms with Crippen LogP contribution in [0.25, 0.3) is 16.9 Å². The Morgan fingerprint density at radius 1 is 1.24 bits per heavy atom. The van der Waals surface area contributed by atoms with E-state index in [1.54, 1.807) is 24.4 Å². The number of halogens is 2. The van der Waals surface area contributed by atoms with Gasteiger partial charge in [-0.1, -0.05) is 29.8 Å². The van der Waals surface area contributed by atoms with E-state index in [2.05, 4.69) is 26.5 Å². The van der Waals surface area contributed by atoms with Crippen molar-refractivity contribution in [1.82, 2.24) is 24.6 Å². The van der Waals surface area contributed by atoms with Gasteiger partial charge in [0, 0.05) is 36.6 Å². The number of piperidine rings is 1. The third-order valence-corrected chi connectivity index (χ3v) is 8.03. The standard InChI is InChI=1S/C26H31Cl2N7O3/c1-15(19-7-6-18(27)10-20(19)28)35-26-24(23(32-35)25(29)38)30-11-21(31-26)34-13-17(14-34)16-4-2-8-33(12-16)9-3-5-22(36)37/h6-7,10-11,16-17,25,38H,1-5,8-9,12-14,29H2,(H,36,37)/t16-,25?/m0/s1. The smallest absolute Gasteiger partial charge is 0.303 e. The van der Waals surface area contributed by atoms with Gasteiger partial charge < -0.3 is 25.7 Å². The predicted octanol–water partition coefficient (Wildman–Crippen LogP) is 3.61. The number of rotatable bonds is 9. The quantitative estimate of drug-likeness (QED) is 0.336. The van der Waals surface area contributed by atoms with Gasteiger partial charge in [0.1, 0.15) is 23.3 Å². The first-order valence-electron chi connectivity index (χ1n) is 12.7. The number of benzene rings is 1. The Bertz CT molecular complexity index is 1360. The molecule has 0 spiro atoms. The van der Waals surface area contributed by atoms with Crippen molar-refractivity contribution in [2.24, 2.45) is 17.6 Å². The van der Waals surface area contributed by atoms with Crippen molar-refractivity contribution in [2.75, 3.05) is 37.6 Å². The first-order valence-corrected chi connectivity index (χ1v) is 13.5. The summed E-state index contributed by atoms with van der Waals surface area (Å²) in [6.07, 6.45) is 3.59. The average Bonchev–Trinajstić information content (AvgIpc) is 3.22. The highest BCUT2D eigenvalue weighted by Gasteiger charge is 2.36. The molecule has 2 aliphatic rings. The van der Waals surface area contributed by atoms with Gasteiger partial charge in [-0.2, -0.15) is 5.10 Å². The van der Waals surface area contributed by atoms with Gasteiger partial charge in [-0.3, -0.25) is 4.79 Å². The normalized spacial score (nSPS) is 19.5. The molecule has 0 bridgehead atoms. The van der Waals surface area contributed by atoms with Crippen molar-refractivity contribution in [1.29, 1.82) is 0 Å². The van der Waals surface area contributed by atoms with Gasteiger partial charge in [0.2, 0.25) is 0 Å². The van der Waals surface area contributed by atoms with Crippen molar-refractivity contribution >= 4 is 51.8 Å². The number of carbonyl (C=O) groups is 1. The monoisotopic (exact) mass is 559 g/mol. The van der Waals surface area contributed by atoms with Crippen LogP contribution in [-0.2, 0) is 4.79 Å². The van der Waals surface area contributed by atoms with E-state index in [0.717, 1.165) is 45.0 Å². The summed E-state index contributed by atoms with van der Waals surface area (Å²) in [6.45, 7) is 8.79. The number of nitrogens with two attached hydrogens (primary N) is 1. The molecule has 5 rings (SSSR count). The Balaban J connectivity index is 1.32. The van der Waals surface area contributed by atoms with Crippen LogP contribution in [-0.4, -0.2) is 73.6 Å². The van der Waals surface area contributed by atoms with Gasteiger partial charge in [0.05, 0.1) is 16.9 Å². The van der Waals surface area contributed by atoms with Crippen LogP contribution in [0.15, 0.2) is 31.0 Å². The fraction of sp³-hybridized carbons (Fsp3) is 0.462. The number of carboxylic acid groups (broad SMARTS) is 1. The third kappa shape index (κ3) is 5.50. The van der Waals surface area contributed by atoms with Crippen molar-refractivity contribution in [2.45, 2.75) is 31.9 Å². The molecule has 2 saturated heterocycles. The molecular formula is C26H31Cl2N7O3. The number of aromatic nitrogens is 4. The van der Waals surface area contributed by atoms with Crippen molar-refractivity contribution in [3.05, 3.63) is 52.3 Å². The van der Waals surface area contributed by atoms with Crippen LogP contribution in [0.2, 0.25) is 10.0 Å². The van der Waals surface area contributed by atoms with Gasteiger partial charge in [0.15, 0.2) is 5.65 Å². The van der Waals surface area contributed by atoms with E-state index in [9.17, 15) is 9.90 Å². The summed E-state index contributed by atoms with van der Waals surface area (Å²) in [5.41, 5.74) is 7.89. The van der Waals surface area contributed by atoms with Crippen LogP contribution in [0.3, 0.4) is 0 Å². The Morgan fingerprint density at radius 3 is 2.74 bits per heavy atom. The second kappa shape index (κ2) is 11.2. The van der Waals surface area contributed by atoms with Crippen LogP contribution in [0, 0.1) is 11.8 Å². The van der Waals surface area contributed by atoms with E-state index in [4.69, 9.17) is 39.0 Å². The minimum Gasteiger partial charge on any atom is -0.481 e. The molecule has 4 N–H and O–H groups in total. The number of likely N-dealkylation sites (tertiary alicyclic amines) is 1. The molecule has 3 aromatic rings. The number of aliphatic carboxylic acids is 1. The number of aliphatic hydroxyl groups excluding tert-OH is 1. The minimum absolute atomic E-state index is 0.206. The first-order chi connectivity index (χ1) is 18.2. The summed E-state index contributed by atoms with van der Waals surface area (Å²) in [5.74, 6) is 1.11. The highest BCUT2D eigenvalue weighted by Crippen LogP contribution is 2.35. The molecule has 2 atom stereocenters. The van der Waals surface area contributed by atoms with Crippen molar-refractivity contribution in [3.8, 4) is 0 Å². The number of hydrogen-bond acceptors (Lipinski definition) is 8. The zero-order chi connectivity index (χ0) is 27.0. The number of nitrogens with zero attached hydrogens (tertiary/aromatic N) is 6. The van der Waals surface area contributed by atoms with Gasteiger partial charge in [-0.05, 0) is 62.4 Å². The maximum atomic E-state index is 10.8. The summed E-state index contributed by atoms with van der Waals surface area (Å²) in [5, 5.41) is 24.4. The summed E-state index contributed by atoms with van der Waals surface area (Å²) in [6, 6.07) is 5.10. The molecule has 1 unspecified atom stereocenters. The van der Waals surface area contributed by atoms with Gasteiger partial charge in [-0.15, -0.1) is 0 Å². The highest BCUT2D eigenvalue weighted by atomic mass is 35.5. The Morgan fingerprint density at radius 2 is 2.03 bits per heavy atom. The van der Waals surface area contributed by atoms with Crippen LogP contribution in [0.1, 0.15) is 43.2 Å². The molecule has 10 nitrogen and oxygen atoms in total. The molecule has 0 aliphatic carbocycles. The largest absolute Gasteiger partial charge is 0.481 e. The van der Waals surface area contributed by atoms with Crippen LogP contribution in [0.5, 0.6) is 0 Å². The molecule has 12 heteroatoms. The van der Waals surface area contributed by atoms with E-state index in [1.165, 1.54) is 11.1 Å². The molecule has 1 aromatic carbocycles. The van der Waals surface area contributed by atoms with Crippen molar-refractivity contribution in [3.63, 3.8) is 0 Å². The molecule has 4 heterocycles. The number of hydrogen-bond donors (Lipinski definition) is 3. The van der Waals surface area contributed by atoms with E-state index in [1.807, 2.05) is 0 Å². The molecule has 0 radical (unpaired) electrons. The Kier molecular flexibility index (Phi) is 7.88. The fourth-order valence-corrected chi connectivity index (χ4v) is 5.93. The zero-order valence-electron chi connectivity index (χ0n) is 20.9. The number of carboxylic acids is 1. The van der Waals surface area contributed by atoms with Gasteiger partial charge >= 0.3 is 5.97 Å². The zero-order valence-corrected chi connectivity index (χ0v) is 22.4. The number of fused-ring (bicyclic) bond motifs is 1. The maximum absolute atomic E-state index is 10.8. The molecule has 38 heavy (non-hydrogen) atoms. The predicted molar refractivity (Wildman–Crippen MR) is 147 cm³/mol. The second-order valence-electron chi connectivity index (χ2n) is 10.1. The Hall–Kier alpha value is -2.76. The molecule has 2 fully saturated rings. The van der Waals surface area contributed by atoms with Crippen molar-refractivity contribution < 1.29 is 15.0 Å². The molecule has 0 amide bonds. The van der Waals surface area contributed by atoms with Crippen LogP contribution < -0.4 is 10.6 Å². The summed E-state index contributed by atoms with van der Waals surface area (Å²) < 4.78 is 1.51. The van der Waals surface area contributed by atoms with Gasteiger partial charge in [-0.25, -0.2) is 14.6 Å². The van der Waals surface area contributed by atoms with Crippen LogP contribution >= 0.6 is 23.2 Å². The molecular weight excluding hydrogens is 529 g/mol. The van der Waals surface area contributed by atoms with E-state index < -0.39 is 12.2 Å². The lowest BCUT2D eigenvalue weighted by Gasteiger charge is -2.47. The van der Waals surface area contributed by atoms with E-state index >= 15 is 0 Å². The molecule has 2 aliphatic heterocycles. The van der Waals surface area contributed by atoms with Gasteiger partial charge in [0.25, 0.3) is 0 Å². The number of aliphatic hydroxyl groups is 1. The molecule has 202 valence electrons. The SMILES string of the molecule is C=C(c1ccc(Cl)cc1Cl)n1nc(C(N)O)c2ncc(N3CC([C@H]4CCCN(CCCC(=O)O)C4)C3)nc21. The average molecular weight is 560 g/mol.